The molecule has 2 N–H and O–H groups in total. The van der Waals surface area contributed by atoms with Gasteiger partial charge in [-0.1, -0.05) is 11.6 Å². The number of aryl methyl sites for hydroxylation is 1. The molecule has 4 nitrogen and oxygen atoms in total. The summed E-state index contributed by atoms with van der Waals surface area (Å²) in [6, 6.07) is 0. The van der Waals surface area contributed by atoms with E-state index in [1.807, 2.05) is 6.92 Å². The van der Waals surface area contributed by atoms with Crippen molar-refractivity contribution in [2.45, 2.75) is 32.6 Å². The molecule has 2 heterocycles. The minimum Gasteiger partial charge on any atom is -0.383 e. The summed E-state index contributed by atoms with van der Waals surface area (Å²) in [5.74, 6) is 1.96. The van der Waals surface area contributed by atoms with Gasteiger partial charge in [-0.3, -0.25) is 0 Å². The second kappa shape index (κ2) is 5.85. The first-order valence-corrected chi connectivity index (χ1v) is 6.91. The third-order valence-corrected chi connectivity index (χ3v) is 4.05. The number of nitrogen functional groups attached to an aromatic ring is 1. The lowest BCUT2D eigenvalue weighted by Gasteiger charge is -2.28. The second-order valence-corrected chi connectivity index (χ2v) is 5.57. The number of piperidine rings is 1. The first kappa shape index (κ1) is 13.6. The van der Waals surface area contributed by atoms with Gasteiger partial charge in [0.25, 0.3) is 0 Å². The van der Waals surface area contributed by atoms with Gasteiger partial charge >= 0.3 is 0 Å². The average molecular weight is 269 g/mol. The fourth-order valence-corrected chi connectivity index (χ4v) is 2.83. The molecule has 100 valence electrons. The van der Waals surface area contributed by atoms with Crippen molar-refractivity contribution >= 4 is 17.4 Å². The topological polar surface area (TPSA) is 55.0 Å². The second-order valence-electron chi connectivity index (χ2n) is 5.21. The SMILES string of the molecule is Cc1nc(N)c(CCC2CCN(C)CC2)c(Cl)n1. The van der Waals surface area contributed by atoms with E-state index >= 15 is 0 Å². The third-order valence-electron chi connectivity index (χ3n) is 3.74. The van der Waals surface area contributed by atoms with Crippen LogP contribution in [0.2, 0.25) is 5.15 Å². The zero-order valence-corrected chi connectivity index (χ0v) is 11.9. The Balaban J connectivity index is 1.94. The molecule has 0 spiro atoms. The number of likely N-dealkylation sites (tertiary alicyclic amines) is 1. The normalized spacial score (nSPS) is 18.2. The summed E-state index contributed by atoms with van der Waals surface area (Å²) < 4.78 is 0. The number of halogens is 1. The molecule has 0 radical (unpaired) electrons. The summed E-state index contributed by atoms with van der Waals surface area (Å²) in [5, 5.41) is 0.521. The lowest BCUT2D eigenvalue weighted by atomic mass is 9.91. The maximum Gasteiger partial charge on any atom is 0.138 e. The summed E-state index contributed by atoms with van der Waals surface area (Å²) >= 11 is 6.14. The summed E-state index contributed by atoms with van der Waals surface area (Å²) in [4.78, 5) is 10.7. The van der Waals surface area contributed by atoms with Gasteiger partial charge in [0, 0.05) is 5.56 Å². The van der Waals surface area contributed by atoms with Crippen molar-refractivity contribution in [1.29, 1.82) is 0 Å². The monoisotopic (exact) mass is 268 g/mol. The lowest BCUT2D eigenvalue weighted by Crippen LogP contribution is -2.30. The lowest BCUT2D eigenvalue weighted by molar-refractivity contribution is 0.212. The summed E-state index contributed by atoms with van der Waals surface area (Å²) in [7, 11) is 2.18. The Kier molecular flexibility index (Phi) is 4.40. The molecule has 0 bridgehead atoms. The van der Waals surface area contributed by atoms with Crippen LogP contribution in [0.3, 0.4) is 0 Å². The van der Waals surface area contributed by atoms with Crippen LogP contribution in [-0.2, 0) is 6.42 Å². The minimum atomic E-state index is 0.521. The largest absolute Gasteiger partial charge is 0.383 e. The Morgan fingerprint density at radius 2 is 2.00 bits per heavy atom. The molecule has 1 aliphatic heterocycles. The Morgan fingerprint density at radius 1 is 1.33 bits per heavy atom. The molecule has 0 aromatic carbocycles. The molecule has 18 heavy (non-hydrogen) atoms. The van der Waals surface area contributed by atoms with E-state index in [0.717, 1.165) is 24.3 Å². The smallest absolute Gasteiger partial charge is 0.138 e. The van der Waals surface area contributed by atoms with E-state index < -0.39 is 0 Å². The molecule has 0 aliphatic carbocycles. The highest BCUT2D eigenvalue weighted by molar-refractivity contribution is 6.30. The van der Waals surface area contributed by atoms with Crippen molar-refractivity contribution in [2.75, 3.05) is 25.9 Å². The van der Waals surface area contributed by atoms with E-state index in [4.69, 9.17) is 17.3 Å². The van der Waals surface area contributed by atoms with E-state index in [-0.39, 0.29) is 0 Å². The first-order valence-electron chi connectivity index (χ1n) is 6.53. The molecular weight excluding hydrogens is 248 g/mol. The molecule has 5 heteroatoms. The fraction of sp³-hybridized carbons (Fsp3) is 0.692. The molecule has 1 aliphatic rings. The van der Waals surface area contributed by atoms with Crippen LogP contribution in [0.1, 0.15) is 30.7 Å². The molecule has 1 saturated heterocycles. The first-order chi connectivity index (χ1) is 8.56. The summed E-state index contributed by atoms with van der Waals surface area (Å²) in [6.45, 7) is 4.19. The predicted molar refractivity (Wildman–Crippen MR) is 74.7 cm³/mol. The van der Waals surface area contributed by atoms with Crippen molar-refractivity contribution in [3.8, 4) is 0 Å². The zero-order valence-electron chi connectivity index (χ0n) is 11.1. The Hall–Kier alpha value is -0.870. The van der Waals surface area contributed by atoms with E-state index in [1.54, 1.807) is 0 Å². The van der Waals surface area contributed by atoms with Gasteiger partial charge in [-0.2, -0.15) is 0 Å². The van der Waals surface area contributed by atoms with Gasteiger partial charge < -0.3 is 10.6 Å². The van der Waals surface area contributed by atoms with E-state index in [1.165, 1.54) is 25.9 Å². The Morgan fingerprint density at radius 3 is 2.61 bits per heavy atom. The van der Waals surface area contributed by atoms with E-state index in [2.05, 4.69) is 21.9 Å². The maximum absolute atomic E-state index is 6.14. The van der Waals surface area contributed by atoms with Gasteiger partial charge in [0.2, 0.25) is 0 Å². The van der Waals surface area contributed by atoms with Crippen LogP contribution >= 0.6 is 11.6 Å². The molecule has 1 aromatic heterocycles. The number of hydrogen-bond acceptors (Lipinski definition) is 4. The highest BCUT2D eigenvalue weighted by atomic mass is 35.5. The van der Waals surface area contributed by atoms with Crippen LogP contribution in [0.15, 0.2) is 0 Å². The maximum atomic E-state index is 6.14. The fourth-order valence-electron chi connectivity index (χ4n) is 2.51. The van der Waals surface area contributed by atoms with E-state index in [0.29, 0.717) is 16.8 Å². The molecule has 1 aromatic rings. The molecule has 0 saturated carbocycles. The third kappa shape index (κ3) is 3.33. The van der Waals surface area contributed by atoms with Crippen LogP contribution in [-0.4, -0.2) is 35.0 Å². The highest BCUT2D eigenvalue weighted by Gasteiger charge is 2.18. The Bertz CT molecular complexity index is 390. The number of aromatic nitrogens is 2. The van der Waals surface area contributed by atoms with Gasteiger partial charge in [-0.05, 0) is 58.7 Å². The average Bonchev–Trinajstić information content (AvgIpc) is 2.30. The van der Waals surface area contributed by atoms with Crippen LogP contribution in [0.25, 0.3) is 0 Å². The molecule has 1 fully saturated rings. The van der Waals surface area contributed by atoms with Crippen molar-refractivity contribution in [1.82, 2.24) is 14.9 Å². The summed E-state index contributed by atoms with van der Waals surface area (Å²) in [5.41, 5.74) is 6.83. The Labute approximate surface area is 114 Å². The van der Waals surface area contributed by atoms with Crippen molar-refractivity contribution in [3.05, 3.63) is 16.5 Å². The molecule has 0 atom stereocenters. The van der Waals surface area contributed by atoms with Gasteiger partial charge in [-0.25, -0.2) is 9.97 Å². The van der Waals surface area contributed by atoms with Gasteiger partial charge in [0.1, 0.15) is 16.8 Å². The number of rotatable bonds is 3. The highest BCUT2D eigenvalue weighted by Crippen LogP contribution is 2.26. The number of nitrogens with zero attached hydrogens (tertiary/aromatic N) is 3. The predicted octanol–water partition coefficient (Wildman–Crippen LogP) is 2.30. The number of hydrogen-bond donors (Lipinski definition) is 1. The molecular formula is C13H21ClN4. The minimum absolute atomic E-state index is 0.521. The molecule has 0 unspecified atom stereocenters. The van der Waals surface area contributed by atoms with Crippen LogP contribution in [0.5, 0.6) is 0 Å². The quantitative estimate of drug-likeness (QED) is 0.855. The number of nitrogens with two attached hydrogens (primary N) is 1. The summed E-state index contributed by atoms with van der Waals surface area (Å²) in [6.07, 6.45) is 4.55. The van der Waals surface area contributed by atoms with Gasteiger partial charge in [0.05, 0.1) is 0 Å². The standard InChI is InChI=1S/C13H21ClN4/c1-9-16-12(14)11(13(15)17-9)4-3-10-5-7-18(2)8-6-10/h10H,3-8H2,1-2H3,(H2,15,16,17). The molecule has 0 amide bonds. The number of anilines is 1. The van der Waals surface area contributed by atoms with Gasteiger partial charge in [0.15, 0.2) is 0 Å². The van der Waals surface area contributed by atoms with Crippen molar-refractivity contribution < 1.29 is 0 Å². The molecule has 2 rings (SSSR count). The zero-order chi connectivity index (χ0) is 13.1. The van der Waals surface area contributed by atoms with Crippen LogP contribution < -0.4 is 5.73 Å². The van der Waals surface area contributed by atoms with Crippen molar-refractivity contribution in [2.24, 2.45) is 5.92 Å². The van der Waals surface area contributed by atoms with Crippen molar-refractivity contribution in [3.63, 3.8) is 0 Å². The van der Waals surface area contributed by atoms with Crippen LogP contribution in [0, 0.1) is 12.8 Å². The van der Waals surface area contributed by atoms with Gasteiger partial charge in [-0.15, -0.1) is 0 Å². The van der Waals surface area contributed by atoms with Crippen LogP contribution in [0.4, 0.5) is 5.82 Å². The van der Waals surface area contributed by atoms with E-state index in [9.17, 15) is 0 Å².